The molecular weight excluding hydrogens is 312 g/mol. The molecule has 0 aromatic carbocycles. The average molecular weight is 338 g/mol. The first-order valence-electron chi connectivity index (χ1n) is 8.15. The van der Waals surface area contributed by atoms with Gasteiger partial charge in [-0.05, 0) is 46.2 Å². The Morgan fingerprint density at radius 1 is 1.39 bits per heavy atom. The number of likely N-dealkylation sites (tertiary alicyclic amines) is 1. The number of carbonyl (C=O) groups is 2. The number of nitrogens with two attached hydrogens (primary N) is 1. The van der Waals surface area contributed by atoms with Crippen LogP contribution >= 0.6 is 11.3 Å². The highest BCUT2D eigenvalue weighted by Gasteiger charge is 2.25. The third-order valence-electron chi connectivity index (χ3n) is 4.44. The molecule has 2 rings (SSSR count). The standard InChI is InChI=1S/C16H26N4O2S/c1-4-13(16-18-10(2)11(3)23-16)19-14(21)9-20-7-5-12(6-8-20)15(17)22/h12-13H,4-9H2,1-3H3,(H2,17,22)(H,19,21)/t13-/m0/s1. The first-order valence-corrected chi connectivity index (χ1v) is 8.97. The first-order chi connectivity index (χ1) is 10.9. The van der Waals surface area contributed by atoms with Gasteiger partial charge in [-0.2, -0.15) is 0 Å². The monoisotopic (exact) mass is 338 g/mol. The zero-order valence-corrected chi connectivity index (χ0v) is 14.9. The SMILES string of the molecule is CC[C@H](NC(=O)CN1CCC(C(N)=O)CC1)c1nc(C)c(C)s1. The summed E-state index contributed by atoms with van der Waals surface area (Å²) in [7, 11) is 0. The van der Waals surface area contributed by atoms with Gasteiger partial charge in [0.1, 0.15) is 5.01 Å². The summed E-state index contributed by atoms with van der Waals surface area (Å²) < 4.78 is 0. The summed E-state index contributed by atoms with van der Waals surface area (Å²) in [6.07, 6.45) is 2.30. The number of carbonyl (C=O) groups excluding carboxylic acids is 2. The molecule has 1 aliphatic heterocycles. The molecule has 0 bridgehead atoms. The number of hydrogen-bond donors (Lipinski definition) is 2. The predicted octanol–water partition coefficient (Wildman–Crippen LogP) is 1.52. The maximum Gasteiger partial charge on any atom is 0.234 e. The van der Waals surface area contributed by atoms with E-state index >= 15 is 0 Å². The minimum atomic E-state index is -0.227. The van der Waals surface area contributed by atoms with Crippen molar-refractivity contribution >= 4 is 23.2 Å². The van der Waals surface area contributed by atoms with Crippen LogP contribution in [0.2, 0.25) is 0 Å². The van der Waals surface area contributed by atoms with Crippen molar-refractivity contribution in [1.29, 1.82) is 0 Å². The van der Waals surface area contributed by atoms with Crippen molar-refractivity contribution < 1.29 is 9.59 Å². The molecule has 0 aliphatic carbocycles. The van der Waals surface area contributed by atoms with E-state index in [1.807, 2.05) is 13.8 Å². The normalized spacial score (nSPS) is 17.9. The number of nitrogens with one attached hydrogen (secondary N) is 1. The van der Waals surface area contributed by atoms with Crippen LogP contribution in [-0.2, 0) is 9.59 Å². The number of nitrogens with zero attached hydrogens (tertiary/aromatic N) is 2. The van der Waals surface area contributed by atoms with Gasteiger partial charge in [-0.15, -0.1) is 11.3 Å². The Balaban J connectivity index is 1.85. The minimum Gasteiger partial charge on any atom is -0.369 e. The summed E-state index contributed by atoms with van der Waals surface area (Å²) in [6.45, 7) is 7.95. The number of aromatic nitrogens is 1. The molecule has 0 unspecified atom stereocenters. The van der Waals surface area contributed by atoms with Crippen molar-refractivity contribution in [2.24, 2.45) is 11.7 Å². The molecule has 0 saturated carbocycles. The Kier molecular flexibility index (Phi) is 6.12. The molecule has 2 amide bonds. The molecule has 128 valence electrons. The van der Waals surface area contributed by atoms with Crippen LogP contribution in [0.15, 0.2) is 0 Å². The van der Waals surface area contributed by atoms with Gasteiger partial charge in [0.2, 0.25) is 11.8 Å². The second-order valence-corrected chi connectivity index (χ2v) is 7.41. The molecule has 0 radical (unpaired) electrons. The van der Waals surface area contributed by atoms with Crippen LogP contribution in [0, 0.1) is 19.8 Å². The average Bonchev–Trinajstić information content (AvgIpc) is 2.84. The third kappa shape index (κ3) is 4.75. The highest BCUT2D eigenvalue weighted by Crippen LogP contribution is 2.25. The Bertz CT molecular complexity index is 545. The molecule has 1 aliphatic rings. The summed E-state index contributed by atoms with van der Waals surface area (Å²) in [5.41, 5.74) is 6.37. The van der Waals surface area contributed by atoms with E-state index in [0.717, 1.165) is 43.1 Å². The van der Waals surface area contributed by atoms with E-state index in [0.29, 0.717) is 6.54 Å². The molecule has 0 spiro atoms. The molecule has 1 saturated heterocycles. The highest BCUT2D eigenvalue weighted by atomic mass is 32.1. The van der Waals surface area contributed by atoms with Gasteiger partial charge in [-0.3, -0.25) is 14.5 Å². The van der Waals surface area contributed by atoms with Gasteiger partial charge in [-0.25, -0.2) is 4.98 Å². The quantitative estimate of drug-likeness (QED) is 0.823. The van der Waals surface area contributed by atoms with E-state index in [2.05, 4.69) is 22.1 Å². The van der Waals surface area contributed by atoms with Crippen LogP contribution in [-0.4, -0.2) is 41.3 Å². The van der Waals surface area contributed by atoms with Crippen molar-refractivity contribution in [3.05, 3.63) is 15.6 Å². The van der Waals surface area contributed by atoms with Gasteiger partial charge in [0.05, 0.1) is 18.3 Å². The zero-order valence-electron chi connectivity index (χ0n) is 14.1. The Morgan fingerprint density at radius 2 is 2.04 bits per heavy atom. The maximum atomic E-state index is 12.3. The lowest BCUT2D eigenvalue weighted by Crippen LogP contribution is -2.44. The summed E-state index contributed by atoms with van der Waals surface area (Å²) in [5.74, 6) is -0.256. The lowest BCUT2D eigenvalue weighted by molar-refractivity contribution is -0.124. The van der Waals surface area contributed by atoms with E-state index in [1.165, 1.54) is 4.88 Å². The molecule has 23 heavy (non-hydrogen) atoms. The van der Waals surface area contributed by atoms with Crippen molar-refractivity contribution in [1.82, 2.24) is 15.2 Å². The van der Waals surface area contributed by atoms with Gasteiger partial charge in [0.25, 0.3) is 0 Å². The summed E-state index contributed by atoms with van der Waals surface area (Å²) in [6, 6.07) is -0.0249. The van der Waals surface area contributed by atoms with Crippen LogP contribution in [0.25, 0.3) is 0 Å². The number of thiazole rings is 1. The molecule has 1 atom stereocenters. The van der Waals surface area contributed by atoms with Gasteiger partial charge in [0, 0.05) is 10.8 Å². The molecule has 6 nitrogen and oxygen atoms in total. The molecule has 7 heteroatoms. The fourth-order valence-corrected chi connectivity index (χ4v) is 3.86. The molecule has 1 aromatic rings. The Hall–Kier alpha value is -1.47. The van der Waals surface area contributed by atoms with Crippen molar-refractivity contribution in [2.45, 2.75) is 46.1 Å². The number of rotatable bonds is 6. The number of hydrogen-bond acceptors (Lipinski definition) is 5. The van der Waals surface area contributed by atoms with E-state index < -0.39 is 0 Å². The Morgan fingerprint density at radius 3 is 2.52 bits per heavy atom. The smallest absolute Gasteiger partial charge is 0.234 e. The number of piperidine rings is 1. The predicted molar refractivity (Wildman–Crippen MR) is 91.1 cm³/mol. The summed E-state index contributed by atoms with van der Waals surface area (Å²) in [4.78, 5) is 31.3. The van der Waals surface area contributed by atoms with E-state index in [4.69, 9.17) is 5.73 Å². The van der Waals surface area contributed by atoms with E-state index in [1.54, 1.807) is 11.3 Å². The lowest BCUT2D eigenvalue weighted by atomic mass is 9.96. The van der Waals surface area contributed by atoms with Crippen LogP contribution in [0.3, 0.4) is 0 Å². The highest BCUT2D eigenvalue weighted by molar-refractivity contribution is 7.11. The molecule has 1 aromatic heterocycles. The van der Waals surface area contributed by atoms with Gasteiger partial charge in [0.15, 0.2) is 0 Å². The molecule has 1 fully saturated rings. The van der Waals surface area contributed by atoms with Gasteiger partial charge in [-0.1, -0.05) is 6.92 Å². The van der Waals surface area contributed by atoms with Gasteiger partial charge >= 0.3 is 0 Å². The third-order valence-corrected chi connectivity index (χ3v) is 5.63. The molecule has 3 N–H and O–H groups in total. The largest absolute Gasteiger partial charge is 0.369 e. The lowest BCUT2D eigenvalue weighted by Gasteiger charge is -2.30. The molecule has 2 heterocycles. The summed E-state index contributed by atoms with van der Waals surface area (Å²) >= 11 is 1.65. The van der Waals surface area contributed by atoms with Crippen LogP contribution in [0.5, 0.6) is 0 Å². The topological polar surface area (TPSA) is 88.3 Å². The van der Waals surface area contributed by atoms with Crippen LogP contribution in [0.1, 0.15) is 47.8 Å². The zero-order chi connectivity index (χ0) is 17.0. The van der Waals surface area contributed by atoms with E-state index in [-0.39, 0.29) is 23.8 Å². The fourth-order valence-electron chi connectivity index (χ4n) is 2.80. The summed E-state index contributed by atoms with van der Waals surface area (Å²) in [5, 5.41) is 4.06. The fraction of sp³-hybridized carbons (Fsp3) is 0.688. The van der Waals surface area contributed by atoms with Crippen molar-refractivity contribution in [2.75, 3.05) is 19.6 Å². The second-order valence-electron chi connectivity index (χ2n) is 6.17. The minimum absolute atomic E-state index is 0.0138. The number of primary amides is 1. The molecular formula is C16H26N4O2S. The van der Waals surface area contributed by atoms with Crippen LogP contribution in [0.4, 0.5) is 0 Å². The Labute approximate surface area is 141 Å². The van der Waals surface area contributed by atoms with Crippen molar-refractivity contribution in [3.8, 4) is 0 Å². The van der Waals surface area contributed by atoms with Gasteiger partial charge < -0.3 is 11.1 Å². The number of amides is 2. The van der Waals surface area contributed by atoms with E-state index in [9.17, 15) is 9.59 Å². The maximum absolute atomic E-state index is 12.3. The van der Waals surface area contributed by atoms with Crippen molar-refractivity contribution in [3.63, 3.8) is 0 Å². The first kappa shape index (κ1) is 17.9. The number of aryl methyl sites for hydroxylation is 2. The van der Waals surface area contributed by atoms with Crippen LogP contribution < -0.4 is 11.1 Å². The second kappa shape index (κ2) is 7.88.